The molecule has 0 amide bonds. The standard InChI is InChI=1S/C12H25N3O/c1-12(3-2-10-16-12)11-14-6-9-15-7-4-13-5-8-15/h13-14H,2-11H2,1H3. The van der Waals surface area contributed by atoms with Crippen LogP contribution in [0.4, 0.5) is 0 Å². The number of hydrogen-bond donors (Lipinski definition) is 2. The molecule has 0 aromatic rings. The molecule has 2 N–H and O–H groups in total. The summed E-state index contributed by atoms with van der Waals surface area (Å²) in [6.07, 6.45) is 2.42. The van der Waals surface area contributed by atoms with Gasteiger partial charge >= 0.3 is 0 Å². The molecule has 2 fully saturated rings. The van der Waals surface area contributed by atoms with Crippen molar-refractivity contribution >= 4 is 0 Å². The van der Waals surface area contributed by atoms with Crippen LogP contribution in [-0.2, 0) is 4.74 Å². The molecule has 2 aliphatic rings. The Morgan fingerprint density at radius 1 is 1.38 bits per heavy atom. The van der Waals surface area contributed by atoms with Crippen LogP contribution in [0.5, 0.6) is 0 Å². The average Bonchev–Trinajstić information content (AvgIpc) is 2.74. The predicted octanol–water partition coefficient (Wildman–Crippen LogP) is 0.0503. The van der Waals surface area contributed by atoms with Gasteiger partial charge in [0.05, 0.1) is 5.60 Å². The summed E-state index contributed by atoms with van der Waals surface area (Å²) in [6, 6.07) is 0. The molecule has 1 atom stereocenters. The number of rotatable bonds is 5. The Hall–Kier alpha value is -0.160. The van der Waals surface area contributed by atoms with Gasteiger partial charge in [0, 0.05) is 52.4 Å². The number of ether oxygens (including phenoxy) is 1. The molecule has 0 radical (unpaired) electrons. The first kappa shape index (κ1) is 12.3. The minimum Gasteiger partial charge on any atom is -0.374 e. The minimum atomic E-state index is 0.101. The van der Waals surface area contributed by atoms with Crippen molar-refractivity contribution in [3.63, 3.8) is 0 Å². The lowest BCUT2D eigenvalue weighted by Gasteiger charge is -2.28. The van der Waals surface area contributed by atoms with Crippen molar-refractivity contribution in [3.8, 4) is 0 Å². The molecule has 0 saturated carbocycles. The summed E-state index contributed by atoms with van der Waals surface area (Å²) in [7, 11) is 0. The van der Waals surface area contributed by atoms with Gasteiger partial charge in [0.25, 0.3) is 0 Å². The fourth-order valence-corrected chi connectivity index (χ4v) is 2.50. The van der Waals surface area contributed by atoms with E-state index in [1.807, 2.05) is 0 Å². The fourth-order valence-electron chi connectivity index (χ4n) is 2.50. The largest absolute Gasteiger partial charge is 0.374 e. The quantitative estimate of drug-likeness (QED) is 0.651. The molecule has 2 aliphatic heterocycles. The van der Waals surface area contributed by atoms with Gasteiger partial charge in [-0.25, -0.2) is 0 Å². The first-order valence-electron chi connectivity index (χ1n) is 6.56. The van der Waals surface area contributed by atoms with Gasteiger partial charge in [0.1, 0.15) is 0 Å². The first-order valence-corrected chi connectivity index (χ1v) is 6.56. The first-order chi connectivity index (χ1) is 7.79. The fraction of sp³-hybridized carbons (Fsp3) is 1.00. The van der Waals surface area contributed by atoms with E-state index >= 15 is 0 Å². The van der Waals surface area contributed by atoms with E-state index in [4.69, 9.17) is 4.74 Å². The highest BCUT2D eigenvalue weighted by atomic mass is 16.5. The molecule has 2 rings (SSSR count). The van der Waals surface area contributed by atoms with E-state index in [1.54, 1.807) is 0 Å². The Labute approximate surface area is 98.7 Å². The second-order valence-corrected chi connectivity index (χ2v) is 5.17. The van der Waals surface area contributed by atoms with Crippen LogP contribution in [0, 0.1) is 0 Å². The third kappa shape index (κ3) is 3.70. The summed E-state index contributed by atoms with van der Waals surface area (Å²) in [5.41, 5.74) is 0.101. The SMILES string of the molecule is CC1(CNCCN2CCNCC2)CCCO1. The van der Waals surface area contributed by atoms with Crippen LogP contribution in [0.25, 0.3) is 0 Å². The number of hydrogen-bond acceptors (Lipinski definition) is 4. The van der Waals surface area contributed by atoms with E-state index in [-0.39, 0.29) is 5.60 Å². The molecular formula is C12H25N3O. The number of piperazine rings is 1. The highest BCUT2D eigenvalue weighted by molar-refractivity contribution is 4.82. The molecule has 94 valence electrons. The monoisotopic (exact) mass is 227 g/mol. The van der Waals surface area contributed by atoms with Crippen molar-refractivity contribution in [3.05, 3.63) is 0 Å². The van der Waals surface area contributed by atoms with Crippen molar-refractivity contribution in [1.29, 1.82) is 0 Å². The predicted molar refractivity (Wildman–Crippen MR) is 65.8 cm³/mol. The van der Waals surface area contributed by atoms with Crippen LogP contribution < -0.4 is 10.6 Å². The van der Waals surface area contributed by atoms with Crippen LogP contribution in [0.3, 0.4) is 0 Å². The maximum absolute atomic E-state index is 5.75. The molecule has 2 saturated heterocycles. The van der Waals surface area contributed by atoms with Gasteiger partial charge < -0.3 is 15.4 Å². The molecule has 1 unspecified atom stereocenters. The summed E-state index contributed by atoms with van der Waals surface area (Å²) >= 11 is 0. The molecule has 0 aromatic carbocycles. The van der Waals surface area contributed by atoms with Crippen molar-refractivity contribution in [2.24, 2.45) is 0 Å². The van der Waals surface area contributed by atoms with E-state index in [0.29, 0.717) is 0 Å². The maximum atomic E-state index is 5.75. The highest BCUT2D eigenvalue weighted by Crippen LogP contribution is 2.23. The van der Waals surface area contributed by atoms with Crippen molar-refractivity contribution < 1.29 is 4.74 Å². The number of nitrogens with zero attached hydrogens (tertiary/aromatic N) is 1. The molecule has 0 aromatic heterocycles. The van der Waals surface area contributed by atoms with Crippen LogP contribution in [0.2, 0.25) is 0 Å². The molecule has 4 heteroatoms. The van der Waals surface area contributed by atoms with Crippen molar-refractivity contribution in [2.75, 3.05) is 52.4 Å². The molecule has 16 heavy (non-hydrogen) atoms. The van der Waals surface area contributed by atoms with Crippen molar-refractivity contribution in [2.45, 2.75) is 25.4 Å². The lowest BCUT2D eigenvalue weighted by molar-refractivity contribution is 0.0206. The smallest absolute Gasteiger partial charge is 0.0779 e. The molecule has 4 nitrogen and oxygen atoms in total. The van der Waals surface area contributed by atoms with Gasteiger partial charge in [-0.05, 0) is 19.8 Å². The van der Waals surface area contributed by atoms with Gasteiger partial charge in [-0.1, -0.05) is 0 Å². The Morgan fingerprint density at radius 2 is 2.19 bits per heavy atom. The van der Waals surface area contributed by atoms with E-state index in [2.05, 4.69) is 22.5 Å². The molecular weight excluding hydrogens is 202 g/mol. The zero-order chi connectivity index (χ0) is 11.3. The Balaban J connectivity index is 1.54. The van der Waals surface area contributed by atoms with Gasteiger partial charge in [-0.2, -0.15) is 0 Å². The van der Waals surface area contributed by atoms with Crippen LogP contribution >= 0.6 is 0 Å². The normalized spacial score (nSPS) is 32.1. The summed E-state index contributed by atoms with van der Waals surface area (Å²) < 4.78 is 5.75. The summed E-state index contributed by atoms with van der Waals surface area (Å²) in [6.45, 7) is 11.1. The lowest BCUT2D eigenvalue weighted by Crippen LogP contribution is -2.47. The lowest BCUT2D eigenvalue weighted by atomic mass is 10.0. The van der Waals surface area contributed by atoms with Gasteiger partial charge in [0.2, 0.25) is 0 Å². The summed E-state index contributed by atoms with van der Waals surface area (Å²) in [5, 5.41) is 6.90. The molecule has 0 bridgehead atoms. The zero-order valence-electron chi connectivity index (χ0n) is 10.4. The molecule has 0 aliphatic carbocycles. The third-order valence-electron chi connectivity index (χ3n) is 3.61. The molecule has 2 heterocycles. The zero-order valence-corrected chi connectivity index (χ0v) is 10.4. The Morgan fingerprint density at radius 3 is 2.88 bits per heavy atom. The van der Waals surface area contributed by atoms with Crippen LogP contribution in [0.1, 0.15) is 19.8 Å². The van der Waals surface area contributed by atoms with E-state index < -0.39 is 0 Å². The number of nitrogens with one attached hydrogen (secondary N) is 2. The summed E-state index contributed by atoms with van der Waals surface area (Å²) in [4.78, 5) is 2.52. The topological polar surface area (TPSA) is 36.5 Å². The third-order valence-corrected chi connectivity index (χ3v) is 3.61. The van der Waals surface area contributed by atoms with Crippen LogP contribution in [-0.4, -0.2) is 62.9 Å². The second kappa shape index (κ2) is 5.96. The molecule has 0 spiro atoms. The Kier molecular flexibility index (Phi) is 4.58. The van der Waals surface area contributed by atoms with Gasteiger partial charge in [-0.15, -0.1) is 0 Å². The minimum absolute atomic E-state index is 0.101. The van der Waals surface area contributed by atoms with E-state index in [1.165, 1.54) is 25.9 Å². The Bertz CT molecular complexity index is 198. The maximum Gasteiger partial charge on any atom is 0.0779 e. The second-order valence-electron chi connectivity index (χ2n) is 5.17. The van der Waals surface area contributed by atoms with E-state index in [9.17, 15) is 0 Å². The van der Waals surface area contributed by atoms with Crippen molar-refractivity contribution in [1.82, 2.24) is 15.5 Å². The highest BCUT2D eigenvalue weighted by Gasteiger charge is 2.28. The van der Waals surface area contributed by atoms with Gasteiger partial charge in [0.15, 0.2) is 0 Å². The average molecular weight is 227 g/mol. The van der Waals surface area contributed by atoms with E-state index in [0.717, 1.165) is 39.3 Å². The summed E-state index contributed by atoms with van der Waals surface area (Å²) in [5.74, 6) is 0. The van der Waals surface area contributed by atoms with Gasteiger partial charge in [-0.3, -0.25) is 4.90 Å². The van der Waals surface area contributed by atoms with Crippen LogP contribution in [0.15, 0.2) is 0 Å².